The van der Waals surface area contributed by atoms with Gasteiger partial charge in [0.25, 0.3) is 5.91 Å². The Kier molecular flexibility index (Phi) is 5.60. The molecule has 0 radical (unpaired) electrons. The van der Waals surface area contributed by atoms with Gasteiger partial charge in [0.15, 0.2) is 11.4 Å². The number of fused-ring (bicyclic) bond motifs is 1. The van der Waals surface area contributed by atoms with Gasteiger partial charge < -0.3 is 20.9 Å². The molecule has 0 saturated carbocycles. The van der Waals surface area contributed by atoms with Crippen LogP contribution >= 0.6 is 0 Å². The summed E-state index contributed by atoms with van der Waals surface area (Å²) in [5.74, 6) is -0.739. The van der Waals surface area contributed by atoms with Gasteiger partial charge in [0, 0.05) is 11.5 Å². The maximum atomic E-state index is 12.2. The second kappa shape index (κ2) is 7.98. The topological polar surface area (TPSA) is 127 Å². The smallest absolute Gasteiger partial charge is 0.274 e. The second-order valence-corrected chi connectivity index (χ2v) is 7.97. The van der Waals surface area contributed by atoms with Crippen molar-refractivity contribution in [3.05, 3.63) is 53.3 Å². The van der Waals surface area contributed by atoms with Crippen LogP contribution in [0.4, 0.5) is 0 Å². The molecule has 0 saturated heterocycles. The average Bonchev–Trinajstić information content (AvgIpc) is 2.68. The van der Waals surface area contributed by atoms with Crippen molar-refractivity contribution in [2.45, 2.75) is 33.1 Å². The van der Waals surface area contributed by atoms with Crippen molar-refractivity contribution >= 4 is 22.7 Å². The van der Waals surface area contributed by atoms with E-state index in [4.69, 9.17) is 10.5 Å². The molecule has 3 aromatic rings. The number of amides is 2. The lowest BCUT2D eigenvalue weighted by atomic mass is 9.87. The molecule has 0 atom stereocenters. The monoisotopic (exact) mass is 408 g/mol. The molecule has 2 aromatic heterocycles. The minimum Gasteiger partial charge on any atom is -0.505 e. The average molecular weight is 408 g/mol. The molecule has 156 valence electrons. The van der Waals surface area contributed by atoms with E-state index in [1.54, 1.807) is 19.1 Å². The molecule has 2 heterocycles. The summed E-state index contributed by atoms with van der Waals surface area (Å²) in [6, 6.07) is 11.0. The fourth-order valence-electron chi connectivity index (χ4n) is 2.92. The highest BCUT2D eigenvalue weighted by Gasteiger charge is 2.20. The van der Waals surface area contributed by atoms with Gasteiger partial charge in [-0.1, -0.05) is 32.9 Å². The zero-order chi connectivity index (χ0) is 22.1. The zero-order valence-corrected chi connectivity index (χ0v) is 17.3. The quantitative estimate of drug-likeness (QED) is 0.596. The van der Waals surface area contributed by atoms with Crippen LogP contribution in [0.15, 0.2) is 36.4 Å². The molecule has 0 fully saturated rings. The highest BCUT2D eigenvalue weighted by molar-refractivity contribution is 6.02. The fraction of sp³-hybridized carbons (Fsp3) is 0.273. The van der Waals surface area contributed by atoms with Crippen LogP contribution in [-0.4, -0.2) is 33.4 Å². The van der Waals surface area contributed by atoms with Crippen molar-refractivity contribution in [1.29, 1.82) is 0 Å². The third-order valence-corrected chi connectivity index (χ3v) is 4.53. The molecule has 0 aliphatic rings. The Morgan fingerprint density at radius 2 is 1.90 bits per heavy atom. The lowest BCUT2D eigenvalue weighted by molar-refractivity contribution is -0.117. The van der Waals surface area contributed by atoms with Crippen molar-refractivity contribution in [1.82, 2.24) is 15.3 Å². The number of primary amides is 1. The Balaban J connectivity index is 1.94. The van der Waals surface area contributed by atoms with E-state index in [0.717, 1.165) is 5.56 Å². The molecule has 8 heteroatoms. The van der Waals surface area contributed by atoms with Crippen LogP contribution in [0, 0.1) is 6.92 Å². The number of aromatic nitrogens is 2. The number of carbonyl (C=O) groups is 2. The summed E-state index contributed by atoms with van der Waals surface area (Å²) in [5, 5.41) is 13.2. The zero-order valence-electron chi connectivity index (χ0n) is 17.3. The number of nitrogens with two attached hydrogens (primary N) is 1. The standard InChI is InChI=1S/C22H24N4O4/c1-12-18-15(20(28)19(25-12)21(29)24-11-16(23)27)8-9-17(26-18)30-14-7-5-6-13(10-14)22(2,3)4/h5-10,28H,11H2,1-4H3,(H2,23,27)(H,24,29). The van der Waals surface area contributed by atoms with Crippen molar-refractivity contribution in [3.8, 4) is 17.4 Å². The van der Waals surface area contributed by atoms with Crippen LogP contribution in [0.1, 0.15) is 42.5 Å². The lowest BCUT2D eigenvalue weighted by Crippen LogP contribution is -2.33. The Morgan fingerprint density at radius 3 is 2.57 bits per heavy atom. The SMILES string of the molecule is Cc1nc(C(=O)NCC(N)=O)c(O)c2ccc(Oc3cccc(C(C)(C)C)c3)nc12. The third-order valence-electron chi connectivity index (χ3n) is 4.53. The van der Waals surface area contributed by atoms with Gasteiger partial charge in [0.2, 0.25) is 11.8 Å². The predicted molar refractivity (Wildman–Crippen MR) is 113 cm³/mol. The summed E-state index contributed by atoms with van der Waals surface area (Å²) in [7, 11) is 0. The highest BCUT2D eigenvalue weighted by atomic mass is 16.5. The highest BCUT2D eigenvalue weighted by Crippen LogP contribution is 2.32. The number of pyridine rings is 2. The first kappa shape index (κ1) is 21.0. The van der Waals surface area contributed by atoms with Gasteiger partial charge in [0.05, 0.1) is 17.8 Å². The Bertz CT molecular complexity index is 1140. The minimum atomic E-state index is -0.698. The van der Waals surface area contributed by atoms with Crippen molar-refractivity contribution in [3.63, 3.8) is 0 Å². The largest absolute Gasteiger partial charge is 0.505 e. The van der Waals surface area contributed by atoms with Crippen LogP contribution in [-0.2, 0) is 10.2 Å². The summed E-state index contributed by atoms with van der Waals surface area (Å²) in [6.45, 7) is 7.68. The number of nitrogens with zero attached hydrogens (tertiary/aromatic N) is 2. The maximum absolute atomic E-state index is 12.2. The number of aromatic hydroxyl groups is 1. The first-order valence-electron chi connectivity index (χ1n) is 9.41. The van der Waals surface area contributed by atoms with E-state index in [-0.39, 0.29) is 23.4 Å². The normalized spacial score (nSPS) is 11.3. The Labute approximate surface area is 174 Å². The second-order valence-electron chi connectivity index (χ2n) is 7.97. The number of ether oxygens (including phenoxy) is 1. The molecular formula is C22H24N4O4. The van der Waals surface area contributed by atoms with E-state index >= 15 is 0 Å². The summed E-state index contributed by atoms with van der Waals surface area (Å²) < 4.78 is 5.91. The first-order valence-corrected chi connectivity index (χ1v) is 9.41. The van der Waals surface area contributed by atoms with E-state index in [9.17, 15) is 14.7 Å². The molecule has 30 heavy (non-hydrogen) atoms. The van der Waals surface area contributed by atoms with Crippen LogP contribution in [0.3, 0.4) is 0 Å². The van der Waals surface area contributed by atoms with E-state index in [2.05, 4.69) is 36.1 Å². The van der Waals surface area contributed by atoms with Crippen molar-refractivity contribution in [2.24, 2.45) is 5.73 Å². The number of hydrogen-bond acceptors (Lipinski definition) is 6. The van der Waals surface area contributed by atoms with Gasteiger partial charge in [-0.25, -0.2) is 9.97 Å². The number of benzene rings is 1. The maximum Gasteiger partial charge on any atom is 0.274 e. The molecular weight excluding hydrogens is 384 g/mol. The van der Waals surface area contributed by atoms with Crippen molar-refractivity contribution in [2.75, 3.05) is 6.54 Å². The molecule has 1 aromatic carbocycles. The predicted octanol–water partition coefficient (Wildman–Crippen LogP) is 2.95. The molecule has 8 nitrogen and oxygen atoms in total. The number of aryl methyl sites for hydroxylation is 1. The molecule has 0 spiro atoms. The fourth-order valence-corrected chi connectivity index (χ4v) is 2.92. The number of hydrogen-bond donors (Lipinski definition) is 3. The molecule has 0 aliphatic carbocycles. The van der Waals surface area contributed by atoms with Crippen LogP contribution < -0.4 is 15.8 Å². The van der Waals surface area contributed by atoms with Gasteiger partial charge in [-0.2, -0.15) is 0 Å². The summed E-state index contributed by atoms with van der Waals surface area (Å²) in [4.78, 5) is 31.7. The van der Waals surface area contributed by atoms with E-state index in [0.29, 0.717) is 28.2 Å². The molecule has 0 bridgehead atoms. The van der Waals surface area contributed by atoms with Gasteiger partial charge in [-0.05, 0) is 36.1 Å². The molecule has 3 rings (SSSR count). The lowest BCUT2D eigenvalue weighted by Gasteiger charge is -2.19. The van der Waals surface area contributed by atoms with Gasteiger partial charge in [-0.15, -0.1) is 0 Å². The molecule has 2 amide bonds. The number of carbonyl (C=O) groups excluding carboxylic acids is 2. The minimum absolute atomic E-state index is 0.0199. The van der Waals surface area contributed by atoms with Crippen LogP contribution in [0.25, 0.3) is 10.9 Å². The molecule has 4 N–H and O–H groups in total. The summed E-state index contributed by atoms with van der Waals surface area (Å²) >= 11 is 0. The number of rotatable bonds is 5. The Hall–Kier alpha value is -3.68. The summed E-state index contributed by atoms with van der Waals surface area (Å²) in [6.07, 6.45) is 0. The van der Waals surface area contributed by atoms with Gasteiger partial charge >= 0.3 is 0 Å². The van der Waals surface area contributed by atoms with Crippen LogP contribution in [0.2, 0.25) is 0 Å². The number of nitrogens with one attached hydrogen (secondary N) is 1. The molecule has 0 unspecified atom stereocenters. The molecule has 0 aliphatic heterocycles. The van der Waals surface area contributed by atoms with E-state index in [1.807, 2.05) is 24.3 Å². The van der Waals surface area contributed by atoms with E-state index in [1.165, 1.54) is 0 Å². The summed E-state index contributed by atoms with van der Waals surface area (Å²) in [5.41, 5.74) is 6.78. The first-order chi connectivity index (χ1) is 14.1. The van der Waals surface area contributed by atoms with E-state index < -0.39 is 11.8 Å². The van der Waals surface area contributed by atoms with Crippen molar-refractivity contribution < 1.29 is 19.4 Å². The van der Waals surface area contributed by atoms with Gasteiger partial charge in [-0.3, -0.25) is 9.59 Å². The third kappa shape index (κ3) is 4.48. The van der Waals surface area contributed by atoms with Gasteiger partial charge in [0.1, 0.15) is 5.75 Å². The Morgan fingerprint density at radius 1 is 1.17 bits per heavy atom. The van der Waals surface area contributed by atoms with Crippen LogP contribution in [0.5, 0.6) is 17.4 Å².